The van der Waals surface area contributed by atoms with Gasteiger partial charge in [0.15, 0.2) is 11.4 Å². The molecule has 2 aromatic heterocycles. The van der Waals surface area contributed by atoms with Crippen molar-refractivity contribution in [3.05, 3.63) is 53.0 Å². The fraction of sp³-hybridized carbons (Fsp3) is 0.407. The number of allylic oxidation sites excluding steroid dienone is 1. The number of nitrogens with zero attached hydrogens (tertiary/aromatic N) is 3. The van der Waals surface area contributed by atoms with Gasteiger partial charge in [-0.2, -0.15) is 5.10 Å². The number of aromatic nitrogens is 3. The predicted octanol–water partition coefficient (Wildman–Crippen LogP) is 4.72. The Kier molecular flexibility index (Phi) is 6.35. The molecule has 0 spiro atoms. The number of nitrogens with one attached hydrogen (secondary N) is 1. The minimum Gasteiger partial charge on any atom is -0.496 e. The van der Waals surface area contributed by atoms with E-state index in [0.717, 1.165) is 5.39 Å². The first kappa shape index (κ1) is 24.7. The largest absolute Gasteiger partial charge is 0.496 e. The number of fused-ring (bicyclic) bond motifs is 2. The van der Waals surface area contributed by atoms with Crippen molar-refractivity contribution >= 4 is 29.0 Å². The number of hydrogen-bond acceptors (Lipinski definition) is 7. The molecule has 1 saturated heterocycles. The number of halogens is 1. The second-order valence-corrected chi connectivity index (χ2v) is 10.3. The normalized spacial score (nSPS) is 20.7. The van der Waals surface area contributed by atoms with Crippen LogP contribution in [0.4, 0.5) is 9.18 Å². The van der Waals surface area contributed by atoms with E-state index in [1.807, 2.05) is 6.07 Å². The van der Waals surface area contributed by atoms with Crippen LogP contribution in [0.1, 0.15) is 48.8 Å². The summed E-state index contributed by atoms with van der Waals surface area (Å²) in [6.07, 6.45) is 2.19. The number of carbonyl (C=O) groups is 2. The number of pyridine rings is 1. The number of hydrogen-bond donors (Lipinski definition) is 1. The molecule has 1 amide bonds. The van der Waals surface area contributed by atoms with Gasteiger partial charge in [0.05, 0.1) is 24.9 Å². The summed E-state index contributed by atoms with van der Waals surface area (Å²) in [5.41, 5.74) is 1.51. The fourth-order valence-electron chi connectivity index (χ4n) is 4.72. The van der Waals surface area contributed by atoms with Gasteiger partial charge in [0, 0.05) is 29.8 Å². The topological polar surface area (TPSA) is 107 Å². The lowest BCUT2D eigenvalue weighted by molar-refractivity contribution is 0.00542. The van der Waals surface area contributed by atoms with E-state index in [1.54, 1.807) is 51.2 Å². The molecule has 194 valence electrons. The average molecular weight is 509 g/mol. The van der Waals surface area contributed by atoms with Crippen LogP contribution in [0.3, 0.4) is 0 Å². The zero-order chi connectivity index (χ0) is 26.3. The van der Waals surface area contributed by atoms with Crippen LogP contribution in [0.15, 0.2) is 36.2 Å². The van der Waals surface area contributed by atoms with Crippen LogP contribution in [-0.4, -0.2) is 63.9 Å². The highest BCUT2D eigenvalue weighted by Crippen LogP contribution is 2.42. The molecule has 1 aromatic carbocycles. The van der Waals surface area contributed by atoms with Gasteiger partial charge in [-0.15, -0.1) is 0 Å². The highest BCUT2D eigenvalue weighted by Gasteiger charge is 2.37. The summed E-state index contributed by atoms with van der Waals surface area (Å²) in [4.78, 5) is 31.2. The van der Waals surface area contributed by atoms with Crippen molar-refractivity contribution in [2.75, 3.05) is 20.2 Å². The molecule has 10 heteroatoms. The van der Waals surface area contributed by atoms with E-state index < -0.39 is 17.9 Å². The quantitative estimate of drug-likeness (QED) is 0.508. The molecule has 0 unspecified atom stereocenters. The Morgan fingerprint density at radius 2 is 2.14 bits per heavy atom. The van der Waals surface area contributed by atoms with Crippen molar-refractivity contribution in [3.8, 4) is 11.5 Å². The summed E-state index contributed by atoms with van der Waals surface area (Å²) < 4.78 is 32.3. The van der Waals surface area contributed by atoms with E-state index in [2.05, 4.69) is 15.2 Å². The van der Waals surface area contributed by atoms with Crippen LogP contribution in [0.25, 0.3) is 17.1 Å². The zero-order valence-corrected chi connectivity index (χ0v) is 21.2. The first-order valence-corrected chi connectivity index (χ1v) is 12.2. The van der Waals surface area contributed by atoms with Crippen LogP contribution in [-0.2, 0) is 11.2 Å². The molecule has 2 atom stereocenters. The third kappa shape index (κ3) is 4.87. The Morgan fingerprint density at radius 3 is 2.86 bits per heavy atom. The van der Waals surface area contributed by atoms with Crippen LogP contribution < -0.4 is 9.47 Å². The lowest BCUT2D eigenvalue weighted by atomic mass is 9.87. The summed E-state index contributed by atoms with van der Waals surface area (Å²) in [5.74, 6) is 0.347. The number of rotatable bonds is 4. The van der Waals surface area contributed by atoms with Gasteiger partial charge >= 0.3 is 6.09 Å². The van der Waals surface area contributed by atoms with Crippen LogP contribution in [0, 0.1) is 5.92 Å². The van der Waals surface area contributed by atoms with E-state index in [-0.39, 0.29) is 24.0 Å². The lowest BCUT2D eigenvalue weighted by Crippen LogP contribution is -2.47. The SMILES string of the molecule is COc1ccc2c(c1C[C@H]1CCN(C(=O)OC(C)(C)C)C[C@H]1F)O/C(=C\c1n[nH]c3ncccc13)C2=O. The van der Waals surface area contributed by atoms with Crippen LogP contribution >= 0.6 is 0 Å². The molecule has 5 rings (SSSR count). The van der Waals surface area contributed by atoms with Crippen molar-refractivity contribution in [2.45, 2.75) is 45.4 Å². The fourth-order valence-corrected chi connectivity index (χ4v) is 4.72. The number of methoxy groups -OCH3 is 1. The standard InChI is InChI=1S/C27H29FN4O5/c1-27(2,3)37-26(34)32-11-9-15(19(28)14-32)12-18-21(35-4)8-7-17-23(33)22(36-24(17)18)13-20-16-6-5-10-29-25(16)31-30-20/h5-8,10,13,15,19H,9,11-12,14H2,1-4H3,(H,29,30,31)/b22-13-/t15-,19-/m1/s1. The van der Waals surface area contributed by atoms with E-state index in [0.29, 0.717) is 53.4 Å². The maximum Gasteiger partial charge on any atom is 0.410 e. The number of H-pyrrole nitrogens is 1. The van der Waals surface area contributed by atoms with Crippen molar-refractivity contribution in [2.24, 2.45) is 5.92 Å². The number of Topliss-reactive ketones (excluding diaryl/α,β-unsaturated/α-hetero) is 1. The molecular formula is C27H29FN4O5. The van der Waals surface area contributed by atoms with Gasteiger partial charge in [-0.1, -0.05) is 0 Å². The van der Waals surface area contributed by atoms with Gasteiger partial charge in [0.1, 0.15) is 23.3 Å². The smallest absolute Gasteiger partial charge is 0.410 e. The van der Waals surface area contributed by atoms with Crippen LogP contribution in [0.2, 0.25) is 0 Å². The first-order valence-electron chi connectivity index (χ1n) is 12.2. The van der Waals surface area contributed by atoms with Gasteiger partial charge in [0.25, 0.3) is 0 Å². The number of aromatic amines is 1. The van der Waals surface area contributed by atoms with Crippen molar-refractivity contribution in [1.82, 2.24) is 20.1 Å². The number of piperidine rings is 1. The van der Waals surface area contributed by atoms with Gasteiger partial charge in [-0.3, -0.25) is 9.89 Å². The zero-order valence-electron chi connectivity index (χ0n) is 21.2. The predicted molar refractivity (Wildman–Crippen MR) is 134 cm³/mol. The van der Waals surface area contributed by atoms with Crippen molar-refractivity contribution in [3.63, 3.8) is 0 Å². The summed E-state index contributed by atoms with van der Waals surface area (Å²) >= 11 is 0. The van der Waals surface area contributed by atoms with E-state index >= 15 is 4.39 Å². The third-order valence-corrected chi connectivity index (χ3v) is 6.55. The Bertz CT molecular complexity index is 1390. The molecule has 3 aromatic rings. The molecule has 0 saturated carbocycles. The van der Waals surface area contributed by atoms with Crippen molar-refractivity contribution < 1.29 is 28.2 Å². The van der Waals surface area contributed by atoms with E-state index in [1.165, 1.54) is 12.0 Å². The van der Waals surface area contributed by atoms with Gasteiger partial charge in [-0.25, -0.2) is 14.2 Å². The number of ketones is 1. The highest BCUT2D eigenvalue weighted by molar-refractivity contribution is 6.15. The Morgan fingerprint density at radius 1 is 1.32 bits per heavy atom. The summed E-state index contributed by atoms with van der Waals surface area (Å²) in [5, 5.41) is 7.85. The molecule has 4 heterocycles. The minimum atomic E-state index is -1.27. The number of ether oxygens (including phenoxy) is 3. The van der Waals surface area contributed by atoms with E-state index in [4.69, 9.17) is 14.2 Å². The van der Waals surface area contributed by atoms with Gasteiger partial charge in [-0.05, 0) is 63.8 Å². The number of alkyl halides is 1. The Hall–Kier alpha value is -3.95. The van der Waals surface area contributed by atoms with Gasteiger partial charge in [0.2, 0.25) is 5.78 Å². The second kappa shape index (κ2) is 9.49. The summed E-state index contributed by atoms with van der Waals surface area (Å²) in [6.45, 7) is 5.66. The van der Waals surface area contributed by atoms with Crippen molar-refractivity contribution in [1.29, 1.82) is 0 Å². The minimum absolute atomic E-state index is 0.0534. The number of benzene rings is 1. The maximum absolute atomic E-state index is 15.3. The molecule has 37 heavy (non-hydrogen) atoms. The Balaban J connectivity index is 1.38. The Labute approximate surface area is 213 Å². The maximum atomic E-state index is 15.3. The molecule has 1 fully saturated rings. The molecule has 0 radical (unpaired) electrons. The molecule has 1 N–H and O–H groups in total. The molecule has 9 nitrogen and oxygen atoms in total. The first-order chi connectivity index (χ1) is 17.6. The molecule has 2 aliphatic rings. The molecule has 2 aliphatic heterocycles. The van der Waals surface area contributed by atoms with Crippen LogP contribution in [0.5, 0.6) is 11.5 Å². The second-order valence-electron chi connectivity index (χ2n) is 10.3. The number of amides is 1. The monoisotopic (exact) mass is 508 g/mol. The average Bonchev–Trinajstić information content (AvgIpc) is 3.40. The summed E-state index contributed by atoms with van der Waals surface area (Å²) in [6, 6.07) is 7.00. The molecule has 0 aliphatic carbocycles. The molecular weight excluding hydrogens is 479 g/mol. The lowest BCUT2D eigenvalue weighted by Gasteiger charge is -2.36. The number of carbonyl (C=O) groups excluding carboxylic acids is 2. The molecule has 0 bridgehead atoms. The van der Waals surface area contributed by atoms with E-state index in [9.17, 15) is 9.59 Å². The summed E-state index contributed by atoms with van der Waals surface area (Å²) in [7, 11) is 1.53. The highest BCUT2D eigenvalue weighted by atomic mass is 19.1. The third-order valence-electron chi connectivity index (χ3n) is 6.55. The number of likely N-dealkylation sites (tertiary alicyclic amines) is 1. The van der Waals surface area contributed by atoms with Gasteiger partial charge < -0.3 is 19.1 Å².